The Morgan fingerprint density at radius 2 is 1.68 bits per heavy atom. The van der Waals surface area contributed by atoms with Crippen LogP contribution < -0.4 is 5.32 Å². The van der Waals surface area contributed by atoms with E-state index in [0.29, 0.717) is 5.56 Å². The van der Waals surface area contributed by atoms with Gasteiger partial charge in [0, 0.05) is 17.2 Å². The van der Waals surface area contributed by atoms with Crippen molar-refractivity contribution in [2.75, 3.05) is 26.2 Å². The topological polar surface area (TPSA) is 76.5 Å². The van der Waals surface area contributed by atoms with Crippen LogP contribution in [0.3, 0.4) is 0 Å². The molecule has 1 aromatic heterocycles. The summed E-state index contributed by atoms with van der Waals surface area (Å²) in [6.45, 7) is 13.7. The molecule has 0 radical (unpaired) electrons. The molecule has 0 saturated carbocycles. The van der Waals surface area contributed by atoms with E-state index in [0.717, 1.165) is 55.8 Å². The largest absolute Gasteiger partial charge is 0.461 e. The minimum atomic E-state index is -0.460. The molecule has 3 rings (SSSR count). The van der Waals surface area contributed by atoms with Crippen LogP contribution in [-0.2, 0) is 11.2 Å². The highest BCUT2D eigenvalue weighted by atomic mass is 16.5. The van der Waals surface area contributed by atoms with Crippen molar-refractivity contribution < 1.29 is 14.3 Å². The number of aryl methyl sites for hydroxylation is 1. The Bertz CT molecular complexity index is 1150. The van der Waals surface area contributed by atoms with E-state index < -0.39 is 5.97 Å². The van der Waals surface area contributed by atoms with E-state index in [1.807, 2.05) is 31.2 Å². The van der Waals surface area contributed by atoms with Crippen LogP contribution >= 0.6 is 0 Å². The van der Waals surface area contributed by atoms with Gasteiger partial charge in [-0.3, -0.25) is 4.79 Å². The zero-order chi connectivity index (χ0) is 26.8. The Balaban J connectivity index is 1.76. The molecular weight excluding hydrogens is 464 g/mol. The van der Waals surface area contributed by atoms with E-state index in [9.17, 15) is 9.59 Å². The molecule has 0 aliphatic carbocycles. The van der Waals surface area contributed by atoms with Crippen molar-refractivity contribution >= 4 is 11.9 Å². The molecule has 0 aliphatic heterocycles. The first kappa shape index (κ1) is 28.1. The Kier molecular flexibility index (Phi) is 10.4. The van der Waals surface area contributed by atoms with E-state index in [4.69, 9.17) is 4.74 Å². The lowest BCUT2D eigenvalue weighted by Crippen LogP contribution is -2.33. The van der Waals surface area contributed by atoms with E-state index in [1.165, 1.54) is 5.56 Å². The number of amides is 1. The molecule has 0 bridgehead atoms. The summed E-state index contributed by atoms with van der Waals surface area (Å²) in [6, 6.07) is 17.4. The normalized spacial score (nSPS) is 11.9. The van der Waals surface area contributed by atoms with Gasteiger partial charge in [0.2, 0.25) is 0 Å². The first-order chi connectivity index (χ1) is 17.9. The van der Waals surface area contributed by atoms with Crippen molar-refractivity contribution in [2.24, 2.45) is 0 Å². The molecular formula is C30H40N4O3. The lowest BCUT2D eigenvalue weighted by molar-refractivity contribution is 0.0518. The van der Waals surface area contributed by atoms with Crippen molar-refractivity contribution in [3.05, 3.63) is 71.4 Å². The number of ether oxygens (including phenoxy) is 1. The van der Waals surface area contributed by atoms with Crippen molar-refractivity contribution in [3.63, 3.8) is 0 Å². The van der Waals surface area contributed by atoms with Gasteiger partial charge >= 0.3 is 5.97 Å². The number of hydrogen-bond donors (Lipinski definition) is 1. The number of esters is 1. The van der Waals surface area contributed by atoms with Gasteiger partial charge in [0.1, 0.15) is 0 Å². The second-order valence-electron chi connectivity index (χ2n) is 9.19. The number of hydrogen-bond acceptors (Lipinski definition) is 5. The molecule has 1 atom stereocenters. The molecule has 1 amide bonds. The molecule has 1 N–H and O–H groups in total. The highest BCUT2D eigenvalue weighted by molar-refractivity contribution is 5.94. The summed E-state index contributed by atoms with van der Waals surface area (Å²) in [4.78, 5) is 27.6. The molecule has 0 spiro atoms. The summed E-state index contributed by atoms with van der Waals surface area (Å²) < 4.78 is 6.90. The molecule has 0 fully saturated rings. The maximum Gasteiger partial charge on any atom is 0.358 e. The highest BCUT2D eigenvalue weighted by Gasteiger charge is 2.18. The van der Waals surface area contributed by atoms with Crippen molar-refractivity contribution in [1.29, 1.82) is 0 Å². The Hall–Kier alpha value is -3.45. The van der Waals surface area contributed by atoms with Crippen LogP contribution in [-0.4, -0.2) is 58.8 Å². The molecule has 0 saturated heterocycles. The van der Waals surface area contributed by atoms with Gasteiger partial charge in [-0.2, -0.15) is 5.10 Å². The van der Waals surface area contributed by atoms with E-state index in [2.05, 4.69) is 48.2 Å². The molecule has 3 aromatic rings. The number of nitrogens with zero attached hydrogens (tertiary/aromatic N) is 3. The standard InChI is InChI=1S/C30H40N4O3/c1-6-23-12-14-24(15-13-23)28-21-27(30(36)37-9-4)32-34(28)26-18-16-25(17-19-26)29(35)31-22(5)11-10-20-33(7-2)8-3/h12-19,21-22H,6-11,20H2,1-5H3,(H,31,35)/t22-/m1/s1. The van der Waals surface area contributed by atoms with Gasteiger partial charge in [0.15, 0.2) is 5.69 Å². The van der Waals surface area contributed by atoms with Crippen LogP contribution in [0.5, 0.6) is 0 Å². The predicted molar refractivity (Wildman–Crippen MR) is 148 cm³/mol. The van der Waals surface area contributed by atoms with Crippen molar-refractivity contribution in [1.82, 2.24) is 20.0 Å². The lowest BCUT2D eigenvalue weighted by atomic mass is 10.1. The number of benzene rings is 2. The highest BCUT2D eigenvalue weighted by Crippen LogP contribution is 2.25. The summed E-state index contributed by atoms with van der Waals surface area (Å²) in [5.41, 5.74) is 4.56. The molecule has 198 valence electrons. The van der Waals surface area contributed by atoms with Crippen molar-refractivity contribution in [2.45, 2.75) is 59.9 Å². The molecule has 37 heavy (non-hydrogen) atoms. The lowest BCUT2D eigenvalue weighted by Gasteiger charge is -2.19. The van der Waals surface area contributed by atoms with Crippen LogP contribution in [0, 0.1) is 0 Å². The molecule has 2 aromatic carbocycles. The average molecular weight is 505 g/mol. The predicted octanol–water partition coefficient (Wildman–Crippen LogP) is 5.52. The van der Waals surface area contributed by atoms with Gasteiger partial charge in [0.25, 0.3) is 5.91 Å². The fraction of sp³-hybridized carbons (Fsp3) is 0.433. The third-order valence-corrected chi connectivity index (χ3v) is 6.61. The first-order valence-electron chi connectivity index (χ1n) is 13.4. The number of carbonyl (C=O) groups excluding carboxylic acids is 2. The number of nitrogens with one attached hydrogen (secondary N) is 1. The zero-order valence-electron chi connectivity index (χ0n) is 22.8. The fourth-order valence-corrected chi connectivity index (χ4v) is 4.29. The van der Waals surface area contributed by atoms with Crippen LogP contribution in [0.4, 0.5) is 0 Å². The number of carbonyl (C=O) groups is 2. The molecule has 7 heteroatoms. The van der Waals surface area contributed by atoms with Crippen LogP contribution in [0.25, 0.3) is 16.9 Å². The summed E-state index contributed by atoms with van der Waals surface area (Å²) in [5.74, 6) is -0.552. The van der Waals surface area contributed by atoms with Gasteiger partial charge in [-0.1, -0.05) is 45.0 Å². The maximum absolute atomic E-state index is 12.8. The number of rotatable bonds is 13. The molecule has 1 heterocycles. The molecule has 0 unspecified atom stereocenters. The van der Waals surface area contributed by atoms with Crippen LogP contribution in [0.1, 0.15) is 73.9 Å². The smallest absolute Gasteiger partial charge is 0.358 e. The van der Waals surface area contributed by atoms with Gasteiger partial charge in [0.05, 0.1) is 18.0 Å². The van der Waals surface area contributed by atoms with Gasteiger partial charge < -0.3 is 15.0 Å². The van der Waals surface area contributed by atoms with Crippen molar-refractivity contribution in [3.8, 4) is 16.9 Å². The minimum absolute atomic E-state index is 0.0926. The monoisotopic (exact) mass is 504 g/mol. The molecule has 7 nitrogen and oxygen atoms in total. The van der Waals surface area contributed by atoms with Gasteiger partial charge in [-0.05, 0) is 88.6 Å². The Morgan fingerprint density at radius 3 is 2.27 bits per heavy atom. The number of aromatic nitrogens is 2. The zero-order valence-corrected chi connectivity index (χ0v) is 22.8. The third-order valence-electron chi connectivity index (χ3n) is 6.61. The Morgan fingerprint density at radius 1 is 1.00 bits per heavy atom. The fourth-order valence-electron chi connectivity index (χ4n) is 4.29. The third kappa shape index (κ3) is 7.52. The van der Waals surface area contributed by atoms with E-state index >= 15 is 0 Å². The SMILES string of the molecule is CCOC(=O)c1cc(-c2ccc(CC)cc2)n(-c2ccc(C(=O)N[C@H](C)CCCN(CC)CC)cc2)n1. The second-order valence-corrected chi connectivity index (χ2v) is 9.19. The average Bonchev–Trinajstić information content (AvgIpc) is 3.37. The molecule has 0 aliphatic rings. The summed E-state index contributed by atoms with van der Waals surface area (Å²) in [6.07, 6.45) is 2.93. The van der Waals surface area contributed by atoms with Crippen LogP contribution in [0.2, 0.25) is 0 Å². The Labute approximate surface area is 220 Å². The first-order valence-corrected chi connectivity index (χ1v) is 13.4. The summed E-state index contributed by atoms with van der Waals surface area (Å²) in [5, 5.41) is 7.65. The van der Waals surface area contributed by atoms with E-state index in [1.54, 1.807) is 29.8 Å². The summed E-state index contributed by atoms with van der Waals surface area (Å²) in [7, 11) is 0. The van der Waals surface area contributed by atoms with Crippen LogP contribution in [0.15, 0.2) is 54.6 Å². The maximum atomic E-state index is 12.8. The summed E-state index contributed by atoms with van der Waals surface area (Å²) >= 11 is 0. The second kappa shape index (κ2) is 13.7. The van der Waals surface area contributed by atoms with Gasteiger partial charge in [-0.25, -0.2) is 9.48 Å². The van der Waals surface area contributed by atoms with E-state index in [-0.39, 0.29) is 24.2 Å². The quantitative estimate of drug-likeness (QED) is 0.310. The minimum Gasteiger partial charge on any atom is -0.461 e. The van der Waals surface area contributed by atoms with Gasteiger partial charge in [-0.15, -0.1) is 0 Å².